The summed E-state index contributed by atoms with van der Waals surface area (Å²) in [6.45, 7) is 0.560. The van der Waals surface area contributed by atoms with Crippen LogP contribution >= 0.6 is 0 Å². The molecule has 1 aromatic heterocycles. The molecule has 2 aromatic carbocycles. The summed E-state index contributed by atoms with van der Waals surface area (Å²) in [6, 6.07) is 19.4. The van der Waals surface area contributed by atoms with Crippen LogP contribution in [0.3, 0.4) is 0 Å². The number of nitrogens with zero attached hydrogens (tertiary/aromatic N) is 2. The molecular weight excluding hydrogens is 274 g/mol. The van der Waals surface area contributed by atoms with Crippen LogP contribution in [0.2, 0.25) is 0 Å². The van der Waals surface area contributed by atoms with E-state index >= 15 is 0 Å². The average molecular weight is 291 g/mol. The van der Waals surface area contributed by atoms with Crippen molar-refractivity contribution >= 4 is 22.6 Å². The fraction of sp³-hybridized carbons (Fsp3) is 0.111. The first-order valence-corrected chi connectivity index (χ1v) is 7.14. The van der Waals surface area contributed by atoms with Gasteiger partial charge in [-0.15, -0.1) is 0 Å². The topological polar surface area (TPSA) is 45.2 Å². The molecule has 0 saturated carbocycles. The summed E-state index contributed by atoms with van der Waals surface area (Å²) in [6.07, 6.45) is 1.73. The molecule has 0 fully saturated rings. The van der Waals surface area contributed by atoms with E-state index in [9.17, 15) is 4.79 Å². The first-order chi connectivity index (χ1) is 10.7. The predicted octanol–water partition coefficient (Wildman–Crippen LogP) is 3.90. The highest BCUT2D eigenvalue weighted by atomic mass is 16.2. The van der Waals surface area contributed by atoms with Gasteiger partial charge in [-0.1, -0.05) is 48.5 Å². The standard InChI is InChI=1S/C18H17N3O/c1-21(13-14-7-3-2-4-8-14)18(22)20-16-11-5-9-15-10-6-12-19-17(15)16/h2-12H,13H2,1H3,(H,20,22). The Kier molecular flexibility index (Phi) is 4.01. The van der Waals surface area contributed by atoms with Gasteiger partial charge in [0, 0.05) is 25.2 Å². The quantitative estimate of drug-likeness (QED) is 0.795. The molecule has 0 saturated heterocycles. The number of para-hydroxylation sites is 1. The number of carbonyl (C=O) groups excluding carboxylic acids is 1. The Balaban J connectivity index is 1.75. The first kappa shape index (κ1) is 14.1. The van der Waals surface area contributed by atoms with Crippen molar-refractivity contribution in [2.75, 3.05) is 12.4 Å². The summed E-state index contributed by atoms with van der Waals surface area (Å²) in [7, 11) is 1.78. The Morgan fingerprint density at radius 3 is 2.64 bits per heavy atom. The molecule has 0 unspecified atom stereocenters. The molecule has 0 aliphatic rings. The molecule has 0 aliphatic carbocycles. The number of benzene rings is 2. The third-order valence-electron chi connectivity index (χ3n) is 3.48. The van der Waals surface area contributed by atoms with Crippen LogP contribution in [0.1, 0.15) is 5.56 Å². The summed E-state index contributed by atoms with van der Waals surface area (Å²) in [5, 5.41) is 3.93. The molecule has 4 nitrogen and oxygen atoms in total. The normalized spacial score (nSPS) is 10.4. The van der Waals surface area contributed by atoms with Crippen LogP contribution in [0.4, 0.5) is 10.5 Å². The van der Waals surface area contributed by atoms with Crippen molar-refractivity contribution < 1.29 is 4.79 Å². The third-order valence-corrected chi connectivity index (χ3v) is 3.48. The minimum Gasteiger partial charge on any atom is -0.323 e. The van der Waals surface area contributed by atoms with E-state index in [1.807, 2.05) is 60.7 Å². The largest absolute Gasteiger partial charge is 0.323 e. The molecule has 0 bridgehead atoms. The molecule has 0 aliphatic heterocycles. The van der Waals surface area contributed by atoms with Crippen LogP contribution in [0, 0.1) is 0 Å². The molecule has 1 heterocycles. The maximum Gasteiger partial charge on any atom is 0.321 e. The summed E-state index contributed by atoms with van der Waals surface area (Å²) >= 11 is 0. The lowest BCUT2D eigenvalue weighted by Gasteiger charge is -2.18. The summed E-state index contributed by atoms with van der Waals surface area (Å²) in [5.41, 5.74) is 2.62. The Bertz CT molecular complexity index is 781. The third kappa shape index (κ3) is 3.06. The summed E-state index contributed by atoms with van der Waals surface area (Å²) < 4.78 is 0. The van der Waals surface area contributed by atoms with Gasteiger partial charge in [-0.2, -0.15) is 0 Å². The van der Waals surface area contributed by atoms with Crippen molar-refractivity contribution in [1.82, 2.24) is 9.88 Å². The number of rotatable bonds is 3. The SMILES string of the molecule is CN(Cc1ccccc1)C(=O)Nc1cccc2cccnc12. The highest BCUT2D eigenvalue weighted by molar-refractivity contribution is 5.99. The van der Waals surface area contributed by atoms with Crippen LogP contribution in [-0.4, -0.2) is 23.0 Å². The molecule has 2 amide bonds. The van der Waals surface area contributed by atoms with E-state index in [1.54, 1.807) is 18.1 Å². The maximum atomic E-state index is 12.3. The van der Waals surface area contributed by atoms with E-state index in [-0.39, 0.29) is 6.03 Å². The zero-order valence-electron chi connectivity index (χ0n) is 12.4. The number of hydrogen-bond donors (Lipinski definition) is 1. The maximum absolute atomic E-state index is 12.3. The van der Waals surface area contributed by atoms with Gasteiger partial charge in [-0.25, -0.2) is 4.79 Å². The number of nitrogens with one attached hydrogen (secondary N) is 1. The number of amides is 2. The average Bonchev–Trinajstić information content (AvgIpc) is 2.56. The molecular formula is C18H17N3O. The van der Waals surface area contributed by atoms with Crippen LogP contribution < -0.4 is 5.32 Å². The lowest BCUT2D eigenvalue weighted by atomic mass is 10.2. The Hall–Kier alpha value is -2.88. The minimum atomic E-state index is -0.151. The highest BCUT2D eigenvalue weighted by Gasteiger charge is 2.11. The lowest BCUT2D eigenvalue weighted by molar-refractivity contribution is 0.220. The van der Waals surface area contributed by atoms with Crippen molar-refractivity contribution in [2.45, 2.75) is 6.54 Å². The molecule has 3 rings (SSSR count). The number of aromatic nitrogens is 1. The molecule has 110 valence electrons. The molecule has 0 spiro atoms. The van der Waals surface area contributed by atoms with Gasteiger partial charge in [0.1, 0.15) is 0 Å². The van der Waals surface area contributed by atoms with E-state index in [4.69, 9.17) is 0 Å². The van der Waals surface area contributed by atoms with E-state index in [2.05, 4.69) is 10.3 Å². The van der Waals surface area contributed by atoms with Crippen molar-refractivity contribution in [3.05, 3.63) is 72.4 Å². The number of urea groups is 1. The van der Waals surface area contributed by atoms with Gasteiger partial charge in [-0.3, -0.25) is 4.98 Å². The Labute approximate surface area is 129 Å². The fourth-order valence-electron chi connectivity index (χ4n) is 2.34. The van der Waals surface area contributed by atoms with Crippen molar-refractivity contribution in [2.24, 2.45) is 0 Å². The van der Waals surface area contributed by atoms with Gasteiger partial charge in [-0.05, 0) is 17.7 Å². The Morgan fingerprint density at radius 2 is 1.82 bits per heavy atom. The van der Waals surface area contributed by atoms with E-state index in [1.165, 1.54) is 0 Å². The number of carbonyl (C=O) groups is 1. The second-order valence-corrected chi connectivity index (χ2v) is 5.15. The second-order valence-electron chi connectivity index (χ2n) is 5.15. The number of hydrogen-bond acceptors (Lipinski definition) is 2. The fourth-order valence-corrected chi connectivity index (χ4v) is 2.34. The smallest absolute Gasteiger partial charge is 0.321 e. The van der Waals surface area contributed by atoms with Gasteiger partial charge in [0.25, 0.3) is 0 Å². The van der Waals surface area contributed by atoms with Crippen LogP contribution in [0.25, 0.3) is 10.9 Å². The van der Waals surface area contributed by atoms with Crippen LogP contribution in [0.5, 0.6) is 0 Å². The highest BCUT2D eigenvalue weighted by Crippen LogP contribution is 2.21. The molecule has 0 atom stereocenters. The zero-order chi connectivity index (χ0) is 15.4. The number of fused-ring (bicyclic) bond motifs is 1. The van der Waals surface area contributed by atoms with Gasteiger partial charge in [0.15, 0.2) is 0 Å². The molecule has 0 radical (unpaired) electrons. The molecule has 1 N–H and O–H groups in total. The predicted molar refractivity (Wildman–Crippen MR) is 88.7 cm³/mol. The van der Waals surface area contributed by atoms with E-state index < -0.39 is 0 Å². The van der Waals surface area contributed by atoms with Crippen molar-refractivity contribution in [3.8, 4) is 0 Å². The van der Waals surface area contributed by atoms with E-state index in [0.29, 0.717) is 6.54 Å². The number of pyridine rings is 1. The molecule has 22 heavy (non-hydrogen) atoms. The first-order valence-electron chi connectivity index (χ1n) is 7.14. The van der Waals surface area contributed by atoms with Gasteiger partial charge < -0.3 is 10.2 Å². The summed E-state index contributed by atoms with van der Waals surface area (Å²) in [4.78, 5) is 18.3. The lowest BCUT2D eigenvalue weighted by Crippen LogP contribution is -2.30. The van der Waals surface area contributed by atoms with Crippen molar-refractivity contribution in [3.63, 3.8) is 0 Å². The van der Waals surface area contributed by atoms with Crippen LogP contribution in [0.15, 0.2) is 66.9 Å². The second kappa shape index (κ2) is 6.26. The number of anilines is 1. The van der Waals surface area contributed by atoms with Gasteiger partial charge >= 0.3 is 6.03 Å². The van der Waals surface area contributed by atoms with Crippen molar-refractivity contribution in [1.29, 1.82) is 0 Å². The molecule has 3 aromatic rings. The van der Waals surface area contributed by atoms with Crippen LogP contribution in [-0.2, 0) is 6.54 Å². The minimum absolute atomic E-state index is 0.151. The zero-order valence-corrected chi connectivity index (χ0v) is 12.4. The van der Waals surface area contributed by atoms with Gasteiger partial charge in [0.05, 0.1) is 11.2 Å². The Morgan fingerprint density at radius 1 is 1.05 bits per heavy atom. The monoisotopic (exact) mass is 291 g/mol. The van der Waals surface area contributed by atoms with E-state index in [0.717, 1.165) is 22.2 Å². The molecule has 4 heteroatoms. The summed E-state index contributed by atoms with van der Waals surface area (Å²) in [5.74, 6) is 0. The van der Waals surface area contributed by atoms with Gasteiger partial charge in [0.2, 0.25) is 0 Å².